The standard InChI is InChI=1S/C16H19FN4O2/c1-10(14-4-3-9-23-14)18-16(22)15-19-11(2)21(20-15)13-7-5-12(17)6-8-13/h5-8,10,14H,3-4,9H2,1-2H3,(H,18,22)/t10-,14-/m0/s1. The highest BCUT2D eigenvalue weighted by atomic mass is 19.1. The molecular weight excluding hydrogens is 299 g/mol. The van der Waals surface area contributed by atoms with Gasteiger partial charge in [0.05, 0.1) is 17.8 Å². The first-order valence-corrected chi connectivity index (χ1v) is 7.66. The Kier molecular flexibility index (Phi) is 4.38. The summed E-state index contributed by atoms with van der Waals surface area (Å²) in [5, 5.41) is 7.10. The average Bonchev–Trinajstić information content (AvgIpc) is 3.17. The lowest BCUT2D eigenvalue weighted by molar-refractivity contribution is 0.0706. The number of ether oxygens (including phenoxy) is 1. The largest absolute Gasteiger partial charge is 0.376 e. The molecule has 1 aliphatic rings. The van der Waals surface area contributed by atoms with Gasteiger partial charge in [0.1, 0.15) is 11.6 Å². The molecule has 122 valence electrons. The lowest BCUT2D eigenvalue weighted by Gasteiger charge is -2.18. The third kappa shape index (κ3) is 3.39. The molecule has 0 saturated carbocycles. The van der Waals surface area contributed by atoms with Gasteiger partial charge in [-0.25, -0.2) is 14.1 Å². The predicted octanol–water partition coefficient (Wildman–Crippen LogP) is 2.01. The molecule has 0 unspecified atom stereocenters. The minimum Gasteiger partial charge on any atom is -0.376 e. The van der Waals surface area contributed by atoms with Crippen LogP contribution in [0.15, 0.2) is 24.3 Å². The number of rotatable bonds is 4. The lowest BCUT2D eigenvalue weighted by atomic mass is 10.1. The summed E-state index contributed by atoms with van der Waals surface area (Å²) in [5.41, 5.74) is 0.655. The number of nitrogens with one attached hydrogen (secondary N) is 1. The normalized spacial score (nSPS) is 18.8. The van der Waals surface area contributed by atoms with E-state index in [1.54, 1.807) is 19.1 Å². The Morgan fingerprint density at radius 1 is 1.43 bits per heavy atom. The third-order valence-corrected chi connectivity index (χ3v) is 3.92. The highest BCUT2D eigenvalue weighted by Crippen LogP contribution is 2.16. The van der Waals surface area contributed by atoms with Crippen LogP contribution in [-0.2, 0) is 4.74 Å². The molecule has 2 heterocycles. The summed E-state index contributed by atoms with van der Waals surface area (Å²) in [6, 6.07) is 5.77. The summed E-state index contributed by atoms with van der Waals surface area (Å²) < 4.78 is 20.1. The molecule has 1 aromatic heterocycles. The molecule has 1 amide bonds. The molecule has 0 spiro atoms. The van der Waals surface area contributed by atoms with Gasteiger partial charge in [-0.3, -0.25) is 4.79 Å². The van der Waals surface area contributed by atoms with Gasteiger partial charge in [-0.2, -0.15) is 0 Å². The van der Waals surface area contributed by atoms with Crippen LogP contribution in [0.1, 0.15) is 36.2 Å². The number of nitrogens with zero attached hydrogens (tertiary/aromatic N) is 3. The van der Waals surface area contributed by atoms with Gasteiger partial charge in [0.15, 0.2) is 0 Å². The van der Waals surface area contributed by atoms with E-state index in [-0.39, 0.29) is 29.7 Å². The van der Waals surface area contributed by atoms with E-state index >= 15 is 0 Å². The van der Waals surface area contributed by atoms with Crippen molar-refractivity contribution in [2.45, 2.75) is 38.8 Å². The van der Waals surface area contributed by atoms with E-state index in [0.29, 0.717) is 11.5 Å². The van der Waals surface area contributed by atoms with Gasteiger partial charge in [0.2, 0.25) is 5.82 Å². The van der Waals surface area contributed by atoms with Gasteiger partial charge in [0.25, 0.3) is 5.91 Å². The van der Waals surface area contributed by atoms with E-state index in [1.807, 2.05) is 6.92 Å². The Morgan fingerprint density at radius 3 is 2.83 bits per heavy atom. The van der Waals surface area contributed by atoms with Crippen molar-refractivity contribution >= 4 is 5.91 Å². The zero-order valence-electron chi connectivity index (χ0n) is 13.1. The van der Waals surface area contributed by atoms with Crippen LogP contribution in [0.5, 0.6) is 0 Å². The zero-order valence-corrected chi connectivity index (χ0v) is 13.1. The molecule has 1 aromatic carbocycles. The van der Waals surface area contributed by atoms with E-state index in [9.17, 15) is 9.18 Å². The number of amides is 1. The van der Waals surface area contributed by atoms with Gasteiger partial charge in [-0.15, -0.1) is 5.10 Å². The van der Waals surface area contributed by atoms with Crippen molar-refractivity contribution in [3.05, 3.63) is 41.7 Å². The first kappa shape index (κ1) is 15.6. The SMILES string of the molecule is Cc1nc(C(=O)N[C@@H](C)[C@@H]2CCCO2)nn1-c1ccc(F)cc1. The van der Waals surface area contributed by atoms with Gasteiger partial charge >= 0.3 is 0 Å². The van der Waals surface area contributed by atoms with E-state index in [1.165, 1.54) is 16.8 Å². The molecule has 23 heavy (non-hydrogen) atoms. The molecule has 1 fully saturated rings. The molecule has 1 aliphatic heterocycles. The highest BCUT2D eigenvalue weighted by molar-refractivity contribution is 5.90. The monoisotopic (exact) mass is 318 g/mol. The molecule has 7 heteroatoms. The number of hydrogen-bond donors (Lipinski definition) is 1. The molecule has 6 nitrogen and oxygen atoms in total. The number of carbonyl (C=O) groups is 1. The van der Waals surface area contributed by atoms with Crippen molar-refractivity contribution in [1.29, 1.82) is 0 Å². The topological polar surface area (TPSA) is 69.0 Å². The van der Waals surface area contributed by atoms with Crippen LogP contribution < -0.4 is 5.32 Å². The molecule has 0 radical (unpaired) electrons. The Balaban J connectivity index is 1.74. The molecule has 0 aliphatic carbocycles. The van der Waals surface area contributed by atoms with Crippen LogP contribution in [0.4, 0.5) is 4.39 Å². The van der Waals surface area contributed by atoms with Crippen LogP contribution >= 0.6 is 0 Å². The summed E-state index contributed by atoms with van der Waals surface area (Å²) in [6.45, 7) is 4.40. The van der Waals surface area contributed by atoms with Crippen LogP contribution in [0.25, 0.3) is 5.69 Å². The first-order chi connectivity index (χ1) is 11.0. The predicted molar refractivity (Wildman–Crippen MR) is 82.0 cm³/mol. The number of hydrogen-bond acceptors (Lipinski definition) is 4. The summed E-state index contributed by atoms with van der Waals surface area (Å²) in [6.07, 6.45) is 2.00. The van der Waals surface area contributed by atoms with Gasteiger partial charge in [-0.05, 0) is 51.0 Å². The second-order valence-corrected chi connectivity index (χ2v) is 5.68. The number of carbonyl (C=O) groups excluding carboxylic acids is 1. The molecule has 1 saturated heterocycles. The van der Waals surface area contributed by atoms with Crippen LogP contribution in [0.2, 0.25) is 0 Å². The highest BCUT2D eigenvalue weighted by Gasteiger charge is 2.25. The molecule has 2 aromatic rings. The van der Waals surface area contributed by atoms with Gasteiger partial charge in [-0.1, -0.05) is 0 Å². The Hall–Kier alpha value is -2.28. The zero-order chi connectivity index (χ0) is 16.4. The Bertz CT molecular complexity index is 693. The van der Waals surface area contributed by atoms with E-state index < -0.39 is 0 Å². The fourth-order valence-corrected chi connectivity index (χ4v) is 2.67. The van der Waals surface area contributed by atoms with Crippen molar-refractivity contribution in [3.63, 3.8) is 0 Å². The summed E-state index contributed by atoms with van der Waals surface area (Å²) in [7, 11) is 0. The number of aryl methyl sites for hydroxylation is 1. The van der Waals surface area contributed by atoms with Crippen molar-refractivity contribution in [2.24, 2.45) is 0 Å². The third-order valence-electron chi connectivity index (χ3n) is 3.92. The van der Waals surface area contributed by atoms with Crippen molar-refractivity contribution < 1.29 is 13.9 Å². The van der Waals surface area contributed by atoms with Crippen LogP contribution in [-0.4, -0.2) is 39.4 Å². The maximum Gasteiger partial charge on any atom is 0.291 e. The quantitative estimate of drug-likeness (QED) is 0.936. The number of halogens is 1. The lowest BCUT2D eigenvalue weighted by Crippen LogP contribution is -2.41. The number of benzene rings is 1. The van der Waals surface area contributed by atoms with Crippen LogP contribution in [0, 0.1) is 12.7 Å². The molecule has 2 atom stereocenters. The van der Waals surface area contributed by atoms with E-state index in [4.69, 9.17) is 4.74 Å². The average molecular weight is 318 g/mol. The van der Waals surface area contributed by atoms with Crippen molar-refractivity contribution in [1.82, 2.24) is 20.1 Å². The van der Waals surface area contributed by atoms with Crippen molar-refractivity contribution in [2.75, 3.05) is 6.61 Å². The Morgan fingerprint density at radius 2 is 2.17 bits per heavy atom. The summed E-state index contributed by atoms with van der Waals surface area (Å²) >= 11 is 0. The van der Waals surface area contributed by atoms with Crippen molar-refractivity contribution in [3.8, 4) is 5.69 Å². The minimum absolute atomic E-state index is 0.0410. The molecule has 0 bridgehead atoms. The Labute approximate surface area is 133 Å². The van der Waals surface area contributed by atoms with Gasteiger partial charge < -0.3 is 10.1 Å². The maximum absolute atomic E-state index is 13.0. The van der Waals surface area contributed by atoms with E-state index in [2.05, 4.69) is 15.4 Å². The second kappa shape index (κ2) is 6.45. The maximum atomic E-state index is 13.0. The smallest absolute Gasteiger partial charge is 0.291 e. The first-order valence-electron chi connectivity index (χ1n) is 7.66. The summed E-state index contributed by atoms with van der Waals surface area (Å²) in [4.78, 5) is 16.5. The molecular formula is C16H19FN4O2. The van der Waals surface area contributed by atoms with Gasteiger partial charge in [0, 0.05) is 6.61 Å². The van der Waals surface area contributed by atoms with E-state index in [0.717, 1.165) is 19.4 Å². The fourth-order valence-electron chi connectivity index (χ4n) is 2.67. The summed E-state index contributed by atoms with van der Waals surface area (Å²) in [5.74, 6) is -0.00460. The fraction of sp³-hybridized carbons (Fsp3) is 0.438. The number of aromatic nitrogens is 3. The molecule has 1 N–H and O–H groups in total. The molecule has 3 rings (SSSR count). The second-order valence-electron chi connectivity index (χ2n) is 5.68. The minimum atomic E-state index is -0.336. The van der Waals surface area contributed by atoms with Crippen LogP contribution in [0.3, 0.4) is 0 Å².